The van der Waals surface area contributed by atoms with Crippen LogP contribution in [-0.2, 0) is 9.53 Å². The maximum atomic E-state index is 12.1. The normalized spacial score (nSPS) is 22.4. The summed E-state index contributed by atoms with van der Waals surface area (Å²) in [6.45, 7) is 5.27. The molecule has 0 saturated carbocycles. The predicted molar refractivity (Wildman–Crippen MR) is 90.4 cm³/mol. The van der Waals surface area contributed by atoms with Crippen LogP contribution in [0.3, 0.4) is 0 Å². The highest BCUT2D eigenvalue weighted by Crippen LogP contribution is 2.26. The van der Waals surface area contributed by atoms with Crippen LogP contribution in [0.5, 0.6) is 0 Å². The van der Waals surface area contributed by atoms with Crippen molar-refractivity contribution in [1.29, 1.82) is 0 Å². The first-order valence-corrected chi connectivity index (χ1v) is 8.38. The first kappa shape index (κ1) is 16.9. The second-order valence-electron chi connectivity index (χ2n) is 6.52. The van der Waals surface area contributed by atoms with E-state index in [-0.39, 0.29) is 17.4 Å². The Morgan fingerprint density at radius 2 is 2.04 bits per heavy atom. The fourth-order valence-electron chi connectivity index (χ4n) is 3.23. The average molecular weight is 335 g/mol. The summed E-state index contributed by atoms with van der Waals surface area (Å²) in [5.41, 5.74) is 0.553. The SMILES string of the molecule is COCCN1CC(c2cc(=O)[nH]c(N3CCN(C)CC3)n2)CC1=O. The van der Waals surface area contributed by atoms with Crippen molar-refractivity contribution in [2.75, 3.05) is 64.9 Å². The Balaban J connectivity index is 1.74. The first-order valence-electron chi connectivity index (χ1n) is 8.38. The Morgan fingerprint density at radius 1 is 1.29 bits per heavy atom. The van der Waals surface area contributed by atoms with Crippen molar-refractivity contribution in [3.05, 3.63) is 22.1 Å². The zero-order valence-corrected chi connectivity index (χ0v) is 14.3. The summed E-state index contributed by atoms with van der Waals surface area (Å²) >= 11 is 0. The van der Waals surface area contributed by atoms with Crippen molar-refractivity contribution in [3.63, 3.8) is 0 Å². The van der Waals surface area contributed by atoms with Crippen LogP contribution in [0.4, 0.5) is 5.95 Å². The molecule has 1 atom stereocenters. The Labute approximate surface area is 141 Å². The van der Waals surface area contributed by atoms with Gasteiger partial charge in [-0.3, -0.25) is 14.6 Å². The number of hydrogen-bond acceptors (Lipinski definition) is 6. The number of methoxy groups -OCH3 is 1. The van der Waals surface area contributed by atoms with Gasteiger partial charge in [-0.15, -0.1) is 0 Å². The molecule has 132 valence electrons. The number of piperazine rings is 1. The maximum absolute atomic E-state index is 12.1. The molecule has 0 radical (unpaired) electrons. The van der Waals surface area contributed by atoms with E-state index < -0.39 is 0 Å². The smallest absolute Gasteiger partial charge is 0.252 e. The van der Waals surface area contributed by atoms with Gasteiger partial charge in [0.2, 0.25) is 11.9 Å². The Hall–Kier alpha value is -1.93. The number of ether oxygens (including phenoxy) is 1. The van der Waals surface area contributed by atoms with E-state index in [1.807, 2.05) is 0 Å². The lowest BCUT2D eigenvalue weighted by Gasteiger charge is -2.32. The summed E-state index contributed by atoms with van der Waals surface area (Å²) in [6.07, 6.45) is 0.405. The summed E-state index contributed by atoms with van der Waals surface area (Å²) in [7, 11) is 3.71. The third-order valence-corrected chi connectivity index (χ3v) is 4.75. The minimum absolute atomic E-state index is 0.0251. The number of likely N-dealkylation sites (N-methyl/N-ethyl adjacent to an activating group) is 1. The molecule has 1 unspecified atom stereocenters. The van der Waals surface area contributed by atoms with Crippen LogP contribution in [0.1, 0.15) is 18.0 Å². The summed E-state index contributed by atoms with van der Waals surface area (Å²) in [5.74, 6) is 0.691. The molecular formula is C16H25N5O3. The van der Waals surface area contributed by atoms with Gasteiger partial charge in [0.25, 0.3) is 5.56 Å². The predicted octanol–water partition coefficient (Wildman–Crippen LogP) is -0.516. The largest absolute Gasteiger partial charge is 0.383 e. The fraction of sp³-hybridized carbons (Fsp3) is 0.688. The summed E-state index contributed by atoms with van der Waals surface area (Å²) < 4.78 is 5.04. The van der Waals surface area contributed by atoms with E-state index in [0.717, 1.165) is 26.2 Å². The van der Waals surface area contributed by atoms with Gasteiger partial charge < -0.3 is 19.4 Å². The van der Waals surface area contributed by atoms with E-state index in [1.54, 1.807) is 12.0 Å². The summed E-state index contributed by atoms with van der Waals surface area (Å²) in [6, 6.07) is 1.53. The van der Waals surface area contributed by atoms with E-state index in [9.17, 15) is 9.59 Å². The van der Waals surface area contributed by atoms with E-state index in [0.29, 0.717) is 37.8 Å². The minimum Gasteiger partial charge on any atom is -0.383 e. The van der Waals surface area contributed by atoms with Crippen molar-refractivity contribution < 1.29 is 9.53 Å². The van der Waals surface area contributed by atoms with Gasteiger partial charge in [0.1, 0.15) is 0 Å². The number of carbonyl (C=O) groups is 1. The third-order valence-electron chi connectivity index (χ3n) is 4.75. The second kappa shape index (κ2) is 7.31. The van der Waals surface area contributed by atoms with Crippen molar-refractivity contribution in [3.8, 4) is 0 Å². The van der Waals surface area contributed by atoms with Gasteiger partial charge in [0.15, 0.2) is 0 Å². The van der Waals surface area contributed by atoms with Gasteiger partial charge in [-0.2, -0.15) is 0 Å². The molecule has 3 rings (SSSR count). The van der Waals surface area contributed by atoms with Gasteiger partial charge >= 0.3 is 0 Å². The van der Waals surface area contributed by atoms with Crippen molar-refractivity contribution in [1.82, 2.24) is 19.8 Å². The molecule has 2 saturated heterocycles. The van der Waals surface area contributed by atoms with E-state index >= 15 is 0 Å². The Morgan fingerprint density at radius 3 is 2.75 bits per heavy atom. The molecule has 1 N–H and O–H groups in total. The average Bonchev–Trinajstić information content (AvgIpc) is 2.94. The first-order chi connectivity index (χ1) is 11.6. The number of nitrogens with one attached hydrogen (secondary N) is 1. The molecule has 24 heavy (non-hydrogen) atoms. The lowest BCUT2D eigenvalue weighted by atomic mass is 10.0. The Bertz CT molecular complexity index is 639. The highest BCUT2D eigenvalue weighted by molar-refractivity contribution is 5.79. The number of hydrogen-bond donors (Lipinski definition) is 1. The molecule has 0 aromatic carbocycles. The van der Waals surface area contributed by atoms with Crippen molar-refractivity contribution in [2.24, 2.45) is 0 Å². The van der Waals surface area contributed by atoms with Gasteiger partial charge in [-0.05, 0) is 7.05 Å². The van der Waals surface area contributed by atoms with E-state index in [4.69, 9.17) is 4.74 Å². The number of nitrogens with zero attached hydrogens (tertiary/aromatic N) is 4. The molecular weight excluding hydrogens is 310 g/mol. The minimum atomic E-state index is -0.156. The lowest BCUT2D eigenvalue weighted by molar-refractivity contribution is -0.128. The van der Waals surface area contributed by atoms with Gasteiger partial charge in [-0.25, -0.2) is 4.98 Å². The van der Waals surface area contributed by atoms with Crippen LogP contribution in [0.2, 0.25) is 0 Å². The number of aromatic nitrogens is 2. The highest BCUT2D eigenvalue weighted by Gasteiger charge is 2.32. The topological polar surface area (TPSA) is 81.8 Å². The molecule has 8 heteroatoms. The standard InChI is InChI=1S/C16H25N5O3/c1-19-3-5-20(6-4-19)16-17-13(10-14(22)18-16)12-9-15(23)21(11-12)7-8-24-2/h10,12H,3-9,11H2,1-2H3,(H,17,18,22). The molecule has 2 fully saturated rings. The molecule has 1 aromatic rings. The lowest BCUT2D eigenvalue weighted by Crippen LogP contribution is -2.45. The zero-order chi connectivity index (χ0) is 17.1. The number of aromatic amines is 1. The molecule has 1 aromatic heterocycles. The van der Waals surface area contributed by atoms with E-state index in [2.05, 4.69) is 26.8 Å². The molecule has 0 bridgehead atoms. The van der Waals surface area contributed by atoms with Crippen LogP contribution < -0.4 is 10.5 Å². The molecule has 8 nitrogen and oxygen atoms in total. The number of H-pyrrole nitrogens is 1. The molecule has 2 aliphatic heterocycles. The van der Waals surface area contributed by atoms with Gasteiger partial charge in [0, 0.05) is 64.8 Å². The Kier molecular flexibility index (Phi) is 5.15. The highest BCUT2D eigenvalue weighted by atomic mass is 16.5. The number of anilines is 1. The third kappa shape index (κ3) is 3.76. The number of amides is 1. The second-order valence-corrected chi connectivity index (χ2v) is 6.52. The van der Waals surface area contributed by atoms with E-state index in [1.165, 1.54) is 6.07 Å². The van der Waals surface area contributed by atoms with Crippen LogP contribution in [0.25, 0.3) is 0 Å². The van der Waals surface area contributed by atoms with Crippen LogP contribution in [-0.4, -0.2) is 85.7 Å². The number of carbonyl (C=O) groups excluding carboxylic acids is 1. The molecule has 0 aliphatic carbocycles. The van der Waals surface area contributed by atoms with Crippen molar-refractivity contribution >= 4 is 11.9 Å². The monoisotopic (exact) mass is 335 g/mol. The molecule has 3 heterocycles. The van der Waals surface area contributed by atoms with Crippen LogP contribution in [0.15, 0.2) is 10.9 Å². The number of rotatable bonds is 5. The zero-order valence-electron chi connectivity index (χ0n) is 14.3. The van der Waals surface area contributed by atoms with Crippen molar-refractivity contribution in [2.45, 2.75) is 12.3 Å². The maximum Gasteiger partial charge on any atom is 0.252 e. The molecule has 1 amide bonds. The summed E-state index contributed by atoms with van der Waals surface area (Å²) in [5, 5.41) is 0. The molecule has 2 aliphatic rings. The van der Waals surface area contributed by atoms with Crippen LogP contribution in [0, 0.1) is 0 Å². The van der Waals surface area contributed by atoms with Gasteiger partial charge in [-0.1, -0.05) is 0 Å². The van der Waals surface area contributed by atoms with Gasteiger partial charge in [0.05, 0.1) is 12.3 Å². The number of likely N-dealkylation sites (tertiary alicyclic amines) is 1. The fourth-order valence-corrected chi connectivity index (χ4v) is 3.23. The van der Waals surface area contributed by atoms with Crippen LogP contribution >= 0.6 is 0 Å². The summed E-state index contributed by atoms with van der Waals surface area (Å²) in [4.78, 5) is 37.8. The molecule has 0 spiro atoms. The quantitative estimate of drug-likeness (QED) is 0.780.